The smallest absolute Gasteiger partial charge is 0.276 e. The van der Waals surface area contributed by atoms with Crippen LogP contribution >= 0.6 is 11.8 Å². The molecule has 214 valence electrons. The van der Waals surface area contributed by atoms with Crippen molar-refractivity contribution in [1.82, 2.24) is 0 Å². The molecule has 3 aromatic rings. The van der Waals surface area contributed by atoms with Crippen molar-refractivity contribution in [2.24, 2.45) is 5.92 Å². The van der Waals surface area contributed by atoms with Gasteiger partial charge in [-0.05, 0) is 34.8 Å². The Morgan fingerprint density at radius 3 is 1.80 bits per heavy atom. The van der Waals surface area contributed by atoms with Crippen LogP contribution in [0.15, 0.2) is 91.0 Å². The van der Waals surface area contributed by atoms with Gasteiger partial charge in [-0.2, -0.15) is 0 Å². The van der Waals surface area contributed by atoms with Crippen molar-refractivity contribution in [3.8, 4) is 0 Å². The second-order valence-corrected chi connectivity index (χ2v) is 11.6. The summed E-state index contributed by atoms with van der Waals surface area (Å²) >= 11 is 1.48. The second kappa shape index (κ2) is 15.9. The molecule has 1 unspecified atom stereocenters. The Kier molecular flexibility index (Phi) is 12.0. The lowest BCUT2D eigenvalue weighted by Crippen LogP contribution is -2.62. The van der Waals surface area contributed by atoms with Crippen LogP contribution in [-0.2, 0) is 38.8 Å². The largest absolute Gasteiger partial charge is 0.374 e. The third-order valence-electron chi connectivity index (χ3n) is 6.80. The Hall–Kier alpha value is -2.75. The van der Waals surface area contributed by atoms with Gasteiger partial charge in [-0.1, -0.05) is 105 Å². The molecule has 0 radical (unpaired) electrons. The molecule has 5 atom stereocenters. The van der Waals surface area contributed by atoms with Gasteiger partial charge in [-0.3, -0.25) is 10.1 Å². The highest BCUT2D eigenvalue weighted by molar-refractivity contribution is 7.99. The first-order valence-electron chi connectivity index (χ1n) is 13.8. The van der Waals surface area contributed by atoms with Gasteiger partial charge >= 0.3 is 0 Å². The number of thioether (sulfide) groups is 1. The fraction of sp³-hybridized carbons (Fsp3) is 0.438. The summed E-state index contributed by atoms with van der Waals surface area (Å²) in [5, 5.41) is 12.6. The molecule has 0 spiro atoms. The molecule has 7 nitrogen and oxygen atoms in total. The molecule has 0 aromatic heterocycles. The fourth-order valence-corrected chi connectivity index (χ4v) is 6.11. The Balaban J connectivity index is 1.58. The third kappa shape index (κ3) is 9.14. The number of hydrogen-bond acceptors (Lipinski definition) is 7. The normalized spacial score (nSPS) is 22.8. The summed E-state index contributed by atoms with van der Waals surface area (Å²) in [6, 6.07) is 28.3. The summed E-state index contributed by atoms with van der Waals surface area (Å²) < 4.78 is 25.3. The van der Waals surface area contributed by atoms with Crippen molar-refractivity contribution in [3.05, 3.63) is 118 Å². The van der Waals surface area contributed by atoms with Crippen molar-refractivity contribution in [2.45, 2.75) is 69.9 Å². The van der Waals surface area contributed by atoms with Gasteiger partial charge in [0.1, 0.15) is 12.2 Å². The Morgan fingerprint density at radius 1 is 0.800 bits per heavy atom. The van der Waals surface area contributed by atoms with Crippen LogP contribution in [0.4, 0.5) is 0 Å². The number of nitro groups is 1. The van der Waals surface area contributed by atoms with Gasteiger partial charge in [-0.15, -0.1) is 11.8 Å². The Labute approximate surface area is 241 Å². The van der Waals surface area contributed by atoms with Crippen molar-refractivity contribution >= 4 is 11.8 Å². The minimum Gasteiger partial charge on any atom is -0.374 e. The maximum atomic E-state index is 12.6. The number of hydrogen-bond donors (Lipinski definition) is 0. The second-order valence-electron chi connectivity index (χ2n) is 10.4. The molecular weight excluding hydrogens is 526 g/mol. The highest BCUT2D eigenvalue weighted by Gasteiger charge is 2.54. The predicted molar refractivity (Wildman–Crippen MR) is 157 cm³/mol. The van der Waals surface area contributed by atoms with Crippen molar-refractivity contribution in [1.29, 1.82) is 0 Å². The molecule has 1 aliphatic heterocycles. The van der Waals surface area contributed by atoms with Crippen LogP contribution in [0.25, 0.3) is 0 Å². The van der Waals surface area contributed by atoms with Crippen molar-refractivity contribution < 1.29 is 23.9 Å². The van der Waals surface area contributed by atoms with Gasteiger partial charge in [0.25, 0.3) is 6.04 Å². The molecule has 8 heteroatoms. The Bertz CT molecular complexity index is 1130. The standard InChI is InChI=1S/C32H39NO6S/c1-24(2)18-19-40-32-29(33(34)35)31(38-22-27-16-10-5-11-17-27)30(37-21-26-14-8-4-9-15-26)28(39-32)23-36-20-25-12-6-3-7-13-25/h3-17,24,28-32H,18-23H2,1-2H3/t28-,29-,30+,31-,32?/m1/s1. The molecule has 40 heavy (non-hydrogen) atoms. The van der Waals surface area contributed by atoms with Crippen LogP contribution in [0, 0.1) is 16.0 Å². The zero-order valence-electron chi connectivity index (χ0n) is 23.2. The maximum absolute atomic E-state index is 12.6. The molecule has 1 saturated heterocycles. The van der Waals surface area contributed by atoms with Gasteiger partial charge in [-0.25, -0.2) is 0 Å². The van der Waals surface area contributed by atoms with E-state index in [1.165, 1.54) is 11.8 Å². The fourth-order valence-electron chi connectivity index (χ4n) is 4.60. The number of nitrogens with zero attached hydrogens (tertiary/aromatic N) is 1. The maximum Gasteiger partial charge on any atom is 0.276 e. The Morgan fingerprint density at radius 2 is 1.30 bits per heavy atom. The van der Waals surface area contributed by atoms with Gasteiger partial charge in [0.2, 0.25) is 0 Å². The van der Waals surface area contributed by atoms with Crippen LogP contribution < -0.4 is 0 Å². The van der Waals surface area contributed by atoms with E-state index in [1.807, 2.05) is 91.0 Å². The topological polar surface area (TPSA) is 80.1 Å². The van der Waals surface area contributed by atoms with Crippen LogP contribution in [0.1, 0.15) is 37.0 Å². The van der Waals surface area contributed by atoms with E-state index in [-0.39, 0.29) is 24.7 Å². The first kappa shape index (κ1) is 30.2. The van der Waals surface area contributed by atoms with Crippen LogP contribution in [-0.4, -0.2) is 47.1 Å². The summed E-state index contributed by atoms with van der Waals surface area (Å²) in [6.45, 7) is 5.45. The van der Waals surface area contributed by atoms with Gasteiger partial charge in [0.15, 0.2) is 11.5 Å². The van der Waals surface area contributed by atoms with Gasteiger partial charge < -0.3 is 18.9 Å². The van der Waals surface area contributed by atoms with E-state index in [0.717, 1.165) is 28.9 Å². The highest BCUT2D eigenvalue weighted by atomic mass is 32.2. The molecule has 1 aliphatic rings. The monoisotopic (exact) mass is 565 g/mol. The minimum absolute atomic E-state index is 0.227. The molecule has 0 N–H and O–H groups in total. The summed E-state index contributed by atoms with van der Waals surface area (Å²) in [5.74, 6) is 1.24. The van der Waals surface area contributed by atoms with E-state index in [2.05, 4.69) is 13.8 Å². The molecule has 0 bridgehead atoms. The van der Waals surface area contributed by atoms with E-state index >= 15 is 0 Å². The first-order valence-corrected chi connectivity index (χ1v) is 14.9. The summed E-state index contributed by atoms with van der Waals surface area (Å²) in [4.78, 5) is 12.3. The summed E-state index contributed by atoms with van der Waals surface area (Å²) in [6.07, 6.45) is -1.12. The SMILES string of the molecule is CC(C)CCSC1O[C@H](COCc2ccccc2)[C@H](OCc2ccccc2)[C@H](OCc2ccccc2)[C@H]1[N+](=O)[O-]. The molecule has 0 saturated carbocycles. The van der Waals surface area contributed by atoms with E-state index < -0.39 is 29.8 Å². The molecule has 1 fully saturated rings. The van der Waals surface area contributed by atoms with Crippen LogP contribution in [0.2, 0.25) is 0 Å². The minimum atomic E-state index is -1.09. The lowest BCUT2D eigenvalue weighted by molar-refractivity contribution is -0.555. The molecule has 4 rings (SSSR count). The average Bonchev–Trinajstić information content (AvgIpc) is 2.96. The molecular formula is C32H39NO6S. The zero-order valence-corrected chi connectivity index (χ0v) is 24.0. The van der Waals surface area contributed by atoms with E-state index in [0.29, 0.717) is 12.5 Å². The number of benzene rings is 3. The lowest BCUT2D eigenvalue weighted by Gasteiger charge is -2.42. The summed E-state index contributed by atoms with van der Waals surface area (Å²) in [5.41, 5.74) is 2.28. The number of rotatable bonds is 15. The van der Waals surface area contributed by atoms with Gasteiger partial charge in [0, 0.05) is 4.92 Å². The third-order valence-corrected chi connectivity index (χ3v) is 7.99. The van der Waals surface area contributed by atoms with Crippen LogP contribution in [0.3, 0.4) is 0 Å². The van der Waals surface area contributed by atoms with Crippen molar-refractivity contribution in [3.63, 3.8) is 0 Å². The van der Waals surface area contributed by atoms with E-state index in [9.17, 15) is 10.1 Å². The first-order chi connectivity index (χ1) is 19.5. The zero-order chi connectivity index (χ0) is 28.2. The number of ether oxygens (including phenoxy) is 4. The highest BCUT2D eigenvalue weighted by Crippen LogP contribution is 2.35. The van der Waals surface area contributed by atoms with E-state index in [4.69, 9.17) is 18.9 Å². The average molecular weight is 566 g/mol. The quantitative estimate of drug-likeness (QED) is 0.153. The molecule has 0 amide bonds. The van der Waals surface area contributed by atoms with Crippen LogP contribution in [0.5, 0.6) is 0 Å². The van der Waals surface area contributed by atoms with E-state index in [1.54, 1.807) is 0 Å². The summed E-state index contributed by atoms with van der Waals surface area (Å²) in [7, 11) is 0. The van der Waals surface area contributed by atoms with Gasteiger partial charge in [0.05, 0.1) is 26.4 Å². The molecule has 1 heterocycles. The van der Waals surface area contributed by atoms with Crippen molar-refractivity contribution in [2.75, 3.05) is 12.4 Å². The lowest BCUT2D eigenvalue weighted by atomic mass is 9.97. The predicted octanol–water partition coefficient (Wildman–Crippen LogP) is 6.52. The molecule has 3 aromatic carbocycles. The molecule has 0 aliphatic carbocycles.